The molecule has 0 radical (unpaired) electrons. The minimum absolute atomic E-state index is 0.152. The summed E-state index contributed by atoms with van der Waals surface area (Å²) in [7, 11) is 0. The average molecular weight is 322 g/mol. The van der Waals surface area contributed by atoms with Crippen molar-refractivity contribution in [2.75, 3.05) is 13.1 Å². The number of urea groups is 1. The van der Waals surface area contributed by atoms with Gasteiger partial charge >= 0.3 is 12.0 Å². The van der Waals surface area contributed by atoms with Crippen molar-refractivity contribution in [3.8, 4) is 0 Å². The first-order valence-corrected chi connectivity index (χ1v) is 7.82. The zero-order valence-corrected chi connectivity index (χ0v) is 13.7. The van der Waals surface area contributed by atoms with Crippen LogP contribution >= 0.6 is 0 Å². The molecule has 2 rings (SSSR count). The molecule has 1 saturated heterocycles. The highest BCUT2D eigenvalue weighted by molar-refractivity contribution is 5.77. The Bertz CT molecular complexity index is 606. The molecule has 0 spiro atoms. The van der Waals surface area contributed by atoms with Crippen LogP contribution in [0, 0.1) is 24.6 Å². The number of halogens is 1. The van der Waals surface area contributed by atoms with Gasteiger partial charge in [-0.15, -0.1) is 0 Å². The molecule has 5 nitrogen and oxygen atoms in total. The van der Waals surface area contributed by atoms with Gasteiger partial charge in [-0.1, -0.05) is 19.1 Å². The van der Waals surface area contributed by atoms with Crippen LogP contribution in [0.3, 0.4) is 0 Å². The van der Waals surface area contributed by atoms with Crippen LogP contribution < -0.4 is 5.32 Å². The SMILES string of the molecule is Cc1cc([C@@H](C)NC(=O)N2CC(C)CC(C(=O)O)C2)ccc1F. The van der Waals surface area contributed by atoms with Crippen molar-refractivity contribution >= 4 is 12.0 Å². The van der Waals surface area contributed by atoms with Gasteiger partial charge in [-0.05, 0) is 43.4 Å². The first kappa shape index (κ1) is 17.2. The predicted molar refractivity (Wildman–Crippen MR) is 84.6 cm³/mol. The second-order valence-corrected chi connectivity index (χ2v) is 6.46. The fraction of sp³-hybridized carbons (Fsp3) is 0.529. The molecule has 1 aromatic carbocycles. The van der Waals surface area contributed by atoms with Gasteiger partial charge in [0.2, 0.25) is 0 Å². The molecule has 1 aliphatic heterocycles. The summed E-state index contributed by atoms with van der Waals surface area (Å²) in [6.45, 7) is 6.22. The Labute approximate surface area is 135 Å². The number of nitrogens with zero attached hydrogens (tertiary/aromatic N) is 1. The van der Waals surface area contributed by atoms with Crippen molar-refractivity contribution in [2.45, 2.75) is 33.2 Å². The topological polar surface area (TPSA) is 69.6 Å². The third-order valence-electron chi connectivity index (χ3n) is 4.32. The van der Waals surface area contributed by atoms with Crippen molar-refractivity contribution in [3.05, 3.63) is 35.1 Å². The molecule has 1 fully saturated rings. The van der Waals surface area contributed by atoms with Gasteiger partial charge in [0.25, 0.3) is 0 Å². The number of piperidine rings is 1. The summed E-state index contributed by atoms with van der Waals surface area (Å²) in [5, 5.41) is 12.0. The lowest BCUT2D eigenvalue weighted by Gasteiger charge is -2.35. The minimum Gasteiger partial charge on any atom is -0.481 e. The van der Waals surface area contributed by atoms with E-state index in [2.05, 4.69) is 5.32 Å². The van der Waals surface area contributed by atoms with Crippen LogP contribution in [0.1, 0.15) is 37.4 Å². The maximum absolute atomic E-state index is 13.3. The second kappa shape index (κ2) is 6.98. The number of aliphatic carboxylic acids is 1. The lowest BCUT2D eigenvalue weighted by Crippen LogP contribution is -2.49. The smallest absolute Gasteiger partial charge is 0.317 e. The van der Waals surface area contributed by atoms with Crippen LogP contribution in [-0.4, -0.2) is 35.1 Å². The average Bonchev–Trinajstić information content (AvgIpc) is 2.49. The Balaban J connectivity index is 2.02. The normalized spacial score (nSPS) is 22.5. The first-order chi connectivity index (χ1) is 10.8. The molecule has 6 heteroatoms. The lowest BCUT2D eigenvalue weighted by atomic mass is 9.91. The van der Waals surface area contributed by atoms with Gasteiger partial charge in [0.15, 0.2) is 0 Å². The standard InChI is InChI=1S/C17H23FN2O3/c1-10-6-14(16(21)22)9-20(8-10)17(23)19-12(3)13-4-5-15(18)11(2)7-13/h4-5,7,10,12,14H,6,8-9H2,1-3H3,(H,19,23)(H,21,22)/t10?,12-,14?/m1/s1. The number of carboxylic acids is 1. The number of hydrogen-bond acceptors (Lipinski definition) is 2. The maximum Gasteiger partial charge on any atom is 0.317 e. The summed E-state index contributed by atoms with van der Waals surface area (Å²) in [5.41, 5.74) is 1.35. The van der Waals surface area contributed by atoms with Gasteiger partial charge in [-0.2, -0.15) is 0 Å². The van der Waals surface area contributed by atoms with Crippen molar-refractivity contribution < 1.29 is 19.1 Å². The monoisotopic (exact) mass is 322 g/mol. The second-order valence-electron chi connectivity index (χ2n) is 6.46. The Morgan fingerprint density at radius 1 is 1.39 bits per heavy atom. The highest BCUT2D eigenvalue weighted by Crippen LogP contribution is 2.23. The Morgan fingerprint density at radius 2 is 2.09 bits per heavy atom. The number of carboxylic acid groups (broad SMARTS) is 1. The Hall–Kier alpha value is -2.11. The zero-order chi connectivity index (χ0) is 17.1. The van der Waals surface area contributed by atoms with E-state index in [1.807, 2.05) is 13.8 Å². The molecule has 1 aromatic rings. The first-order valence-electron chi connectivity index (χ1n) is 7.82. The van der Waals surface area contributed by atoms with Gasteiger partial charge in [-0.3, -0.25) is 4.79 Å². The number of carbonyl (C=O) groups is 2. The van der Waals surface area contributed by atoms with E-state index in [0.717, 1.165) is 5.56 Å². The van der Waals surface area contributed by atoms with Gasteiger partial charge in [0, 0.05) is 13.1 Å². The largest absolute Gasteiger partial charge is 0.481 e. The fourth-order valence-electron chi connectivity index (χ4n) is 2.99. The molecule has 0 bridgehead atoms. The zero-order valence-electron chi connectivity index (χ0n) is 13.7. The van der Waals surface area contributed by atoms with Crippen LogP contribution in [0.5, 0.6) is 0 Å². The summed E-state index contributed by atoms with van der Waals surface area (Å²) in [6.07, 6.45) is 0.589. The summed E-state index contributed by atoms with van der Waals surface area (Å²) < 4.78 is 13.3. The molecule has 0 aromatic heterocycles. The van der Waals surface area contributed by atoms with Crippen molar-refractivity contribution in [2.24, 2.45) is 11.8 Å². The molecule has 2 amide bonds. The Morgan fingerprint density at radius 3 is 2.70 bits per heavy atom. The molecule has 1 heterocycles. The van der Waals surface area contributed by atoms with Crippen LogP contribution in [0.15, 0.2) is 18.2 Å². The number of likely N-dealkylation sites (tertiary alicyclic amines) is 1. The predicted octanol–water partition coefficient (Wildman–Crippen LogP) is 2.95. The fourth-order valence-corrected chi connectivity index (χ4v) is 2.99. The summed E-state index contributed by atoms with van der Waals surface area (Å²) in [5.74, 6) is -1.51. The summed E-state index contributed by atoms with van der Waals surface area (Å²) in [6, 6.07) is 4.18. The minimum atomic E-state index is -0.864. The van der Waals surface area contributed by atoms with Crippen molar-refractivity contribution in [3.63, 3.8) is 0 Å². The molecule has 126 valence electrons. The number of aryl methyl sites for hydroxylation is 1. The molecular weight excluding hydrogens is 299 g/mol. The van der Waals surface area contributed by atoms with E-state index in [-0.39, 0.29) is 30.4 Å². The molecule has 3 atom stereocenters. The number of rotatable bonds is 3. The van der Waals surface area contributed by atoms with E-state index < -0.39 is 11.9 Å². The number of nitrogens with one attached hydrogen (secondary N) is 1. The summed E-state index contributed by atoms with van der Waals surface area (Å²) >= 11 is 0. The molecule has 0 aliphatic carbocycles. The lowest BCUT2D eigenvalue weighted by molar-refractivity contribution is -0.143. The van der Waals surface area contributed by atoms with Crippen molar-refractivity contribution in [1.82, 2.24) is 10.2 Å². The third kappa shape index (κ3) is 4.21. The summed E-state index contributed by atoms with van der Waals surface area (Å²) in [4.78, 5) is 25.1. The highest BCUT2D eigenvalue weighted by Gasteiger charge is 2.32. The number of carbonyl (C=O) groups excluding carboxylic acids is 1. The third-order valence-corrected chi connectivity index (χ3v) is 4.32. The molecule has 23 heavy (non-hydrogen) atoms. The maximum atomic E-state index is 13.3. The number of benzene rings is 1. The van der Waals surface area contributed by atoms with Gasteiger partial charge in [-0.25, -0.2) is 9.18 Å². The number of hydrogen-bond donors (Lipinski definition) is 2. The molecule has 2 N–H and O–H groups in total. The molecular formula is C17H23FN2O3. The van der Waals surface area contributed by atoms with E-state index in [1.54, 1.807) is 24.0 Å². The van der Waals surface area contributed by atoms with E-state index in [1.165, 1.54) is 6.07 Å². The van der Waals surface area contributed by atoms with Gasteiger partial charge in [0.1, 0.15) is 5.82 Å². The van der Waals surface area contributed by atoms with E-state index in [4.69, 9.17) is 0 Å². The number of amides is 2. The molecule has 0 saturated carbocycles. The van der Waals surface area contributed by atoms with E-state index in [9.17, 15) is 19.1 Å². The van der Waals surface area contributed by atoms with E-state index >= 15 is 0 Å². The van der Waals surface area contributed by atoms with Crippen molar-refractivity contribution in [1.29, 1.82) is 0 Å². The molecule has 1 aliphatic rings. The Kier molecular flexibility index (Phi) is 5.23. The van der Waals surface area contributed by atoms with E-state index in [0.29, 0.717) is 18.5 Å². The van der Waals surface area contributed by atoms with Crippen LogP contribution in [0.25, 0.3) is 0 Å². The molecule has 2 unspecified atom stereocenters. The van der Waals surface area contributed by atoms with Gasteiger partial charge in [0.05, 0.1) is 12.0 Å². The van der Waals surface area contributed by atoms with Crippen LogP contribution in [-0.2, 0) is 4.79 Å². The highest BCUT2D eigenvalue weighted by atomic mass is 19.1. The quantitative estimate of drug-likeness (QED) is 0.899. The van der Waals surface area contributed by atoms with Crippen LogP contribution in [0.2, 0.25) is 0 Å². The van der Waals surface area contributed by atoms with Crippen LogP contribution in [0.4, 0.5) is 9.18 Å². The van der Waals surface area contributed by atoms with Gasteiger partial charge < -0.3 is 15.3 Å².